The third-order valence-corrected chi connectivity index (χ3v) is 4.71. The third-order valence-electron chi connectivity index (χ3n) is 3.72. The zero-order valence-electron chi connectivity index (χ0n) is 11.3. The van der Waals surface area contributed by atoms with E-state index in [1.54, 1.807) is 12.1 Å². The van der Waals surface area contributed by atoms with Crippen LogP contribution in [0.3, 0.4) is 0 Å². The van der Waals surface area contributed by atoms with E-state index in [0.29, 0.717) is 0 Å². The van der Waals surface area contributed by atoms with Crippen LogP contribution in [0.25, 0.3) is 0 Å². The summed E-state index contributed by atoms with van der Waals surface area (Å²) < 4.78 is 13.0. The molecule has 1 aromatic heterocycles. The van der Waals surface area contributed by atoms with Gasteiger partial charge in [0.15, 0.2) is 0 Å². The van der Waals surface area contributed by atoms with Crippen molar-refractivity contribution in [2.75, 3.05) is 6.54 Å². The molecular weight excluding hydrogens is 273 g/mol. The van der Waals surface area contributed by atoms with Gasteiger partial charge in [-0.05, 0) is 49.6 Å². The monoisotopic (exact) mass is 289 g/mol. The molecule has 1 atom stereocenters. The largest absolute Gasteiger partial charge is 0.331 e. The van der Waals surface area contributed by atoms with Gasteiger partial charge in [-0.3, -0.25) is 4.79 Å². The van der Waals surface area contributed by atoms with Crippen molar-refractivity contribution in [2.45, 2.75) is 25.8 Å². The molecule has 3 rings (SSSR count). The number of rotatable bonds is 2. The van der Waals surface area contributed by atoms with Gasteiger partial charge < -0.3 is 4.90 Å². The highest BCUT2D eigenvalue weighted by Crippen LogP contribution is 2.34. The smallest absolute Gasteiger partial charge is 0.264 e. The molecule has 0 N–H and O–H groups in total. The number of benzene rings is 1. The summed E-state index contributed by atoms with van der Waals surface area (Å²) in [5.41, 5.74) is 1.02. The molecule has 0 spiro atoms. The maximum atomic E-state index is 13.0. The number of hydrogen-bond acceptors (Lipinski definition) is 2. The Hall–Kier alpha value is -1.68. The first-order valence-corrected chi connectivity index (χ1v) is 7.59. The molecule has 2 aromatic rings. The molecule has 0 bridgehead atoms. The molecule has 4 heteroatoms. The van der Waals surface area contributed by atoms with Gasteiger partial charge in [-0.15, -0.1) is 11.3 Å². The Balaban J connectivity index is 1.85. The van der Waals surface area contributed by atoms with Gasteiger partial charge in [-0.25, -0.2) is 4.39 Å². The van der Waals surface area contributed by atoms with E-state index in [0.717, 1.165) is 34.7 Å². The normalized spacial score (nSPS) is 18.5. The molecular formula is C16H16FNOS. The van der Waals surface area contributed by atoms with Crippen LogP contribution in [0.1, 0.15) is 39.0 Å². The number of hydrogen-bond donors (Lipinski definition) is 0. The zero-order chi connectivity index (χ0) is 14.1. The second-order valence-corrected chi connectivity index (χ2v) is 6.41. The lowest BCUT2D eigenvalue weighted by atomic mass is 10.0. The lowest BCUT2D eigenvalue weighted by Crippen LogP contribution is -2.29. The lowest BCUT2D eigenvalue weighted by molar-refractivity contribution is 0.0740. The molecule has 2 nitrogen and oxygen atoms in total. The Bertz CT molecular complexity index is 620. The number of carbonyl (C=O) groups is 1. The quantitative estimate of drug-likeness (QED) is 0.812. The van der Waals surface area contributed by atoms with Gasteiger partial charge in [-0.1, -0.05) is 12.1 Å². The molecule has 104 valence electrons. The SMILES string of the molecule is Cc1ccc(C(=O)N2CCCC2c2ccc(F)cc2)s1. The minimum absolute atomic E-state index is 0.0745. The van der Waals surface area contributed by atoms with E-state index in [2.05, 4.69) is 0 Å². The van der Waals surface area contributed by atoms with Crippen LogP contribution >= 0.6 is 11.3 Å². The molecule has 1 aromatic carbocycles. The van der Waals surface area contributed by atoms with E-state index in [1.807, 2.05) is 24.0 Å². The topological polar surface area (TPSA) is 20.3 Å². The number of halogens is 1. The molecule has 1 aliphatic heterocycles. The van der Waals surface area contributed by atoms with Crippen molar-refractivity contribution >= 4 is 17.2 Å². The molecule has 1 fully saturated rings. The van der Waals surface area contributed by atoms with Crippen LogP contribution in [-0.4, -0.2) is 17.4 Å². The van der Waals surface area contributed by atoms with Crippen LogP contribution in [0.5, 0.6) is 0 Å². The minimum Gasteiger partial charge on any atom is -0.331 e. The standard InChI is InChI=1S/C16H16FNOS/c1-11-4-9-15(20-11)16(19)18-10-2-3-14(18)12-5-7-13(17)8-6-12/h4-9,14H,2-3,10H2,1H3. The minimum atomic E-state index is -0.237. The molecule has 1 aliphatic rings. The Labute approximate surface area is 121 Å². The summed E-state index contributed by atoms with van der Waals surface area (Å²) in [5.74, 6) is -0.145. The van der Waals surface area contributed by atoms with Gasteiger partial charge in [0.1, 0.15) is 5.82 Å². The number of nitrogens with zero attached hydrogens (tertiary/aromatic N) is 1. The first-order chi connectivity index (χ1) is 9.65. The van der Waals surface area contributed by atoms with Crippen LogP contribution in [0.2, 0.25) is 0 Å². The molecule has 0 radical (unpaired) electrons. The third kappa shape index (κ3) is 2.48. The van der Waals surface area contributed by atoms with Crippen molar-refractivity contribution in [3.8, 4) is 0 Å². The van der Waals surface area contributed by atoms with Gasteiger partial charge in [0.05, 0.1) is 10.9 Å². The predicted molar refractivity (Wildman–Crippen MR) is 78.5 cm³/mol. The fourth-order valence-corrected chi connectivity index (χ4v) is 3.56. The highest BCUT2D eigenvalue weighted by molar-refractivity contribution is 7.13. The first-order valence-electron chi connectivity index (χ1n) is 6.78. The van der Waals surface area contributed by atoms with Gasteiger partial charge in [-0.2, -0.15) is 0 Å². The number of amides is 1. The molecule has 2 heterocycles. The summed E-state index contributed by atoms with van der Waals surface area (Å²) in [6.07, 6.45) is 1.94. The van der Waals surface area contributed by atoms with Gasteiger partial charge >= 0.3 is 0 Å². The van der Waals surface area contributed by atoms with Crippen LogP contribution in [0, 0.1) is 12.7 Å². The van der Waals surface area contributed by atoms with Gasteiger partial charge in [0.25, 0.3) is 5.91 Å². The van der Waals surface area contributed by atoms with E-state index in [-0.39, 0.29) is 17.8 Å². The van der Waals surface area contributed by atoms with Crippen molar-refractivity contribution in [3.63, 3.8) is 0 Å². The average molecular weight is 289 g/mol. The van der Waals surface area contributed by atoms with E-state index >= 15 is 0 Å². The fraction of sp³-hybridized carbons (Fsp3) is 0.312. The van der Waals surface area contributed by atoms with Gasteiger partial charge in [0.2, 0.25) is 0 Å². The highest BCUT2D eigenvalue weighted by Gasteiger charge is 2.31. The van der Waals surface area contributed by atoms with E-state index in [1.165, 1.54) is 23.5 Å². The second-order valence-electron chi connectivity index (χ2n) is 5.12. The maximum Gasteiger partial charge on any atom is 0.264 e. The van der Waals surface area contributed by atoms with Crippen LogP contribution in [0.4, 0.5) is 4.39 Å². The predicted octanol–water partition coefficient (Wildman–Crippen LogP) is 4.17. The highest BCUT2D eigenvalue weighted by atomic mass is 32.1. The summed E-state index contributed by atoms with van der Waals surface area (Å²) in [5, 5.41) is 0. The zero-order valence-corrected chi connectivity index (χ0v) is 12.1. The van der Waals surface area contributed by atoms with Crippen molar-refractivity contribution in [1.29, 1.82) is 0 Å². The number of carbonyl (C=O) groups excluding carboxylic acids is 1. The summed E-state index contributed by atoms with van der Waals surface area (Å²) in [6.45, 7) is 2.78. The Kier molecular flexibility index (Phi) is 3.57. The summed E-state index contributed by atoms with van der Waals surface area (Å²) in [7, 11) is 0. The second kappa shape index (κ2) is 5.37. The van der Waals surface area contributed by atoms with E-state index in [4.69, 9.17) is 0 Å². The lowest BCUT2D eigenvalue weighted by Gasteiger charge is -2.24. The molecule has 0 aliphatic carbocycles. The summed E-state index contributed by atoms with van der Waals surface area (Å²) in [4.78, 5) is 16.4. The van der Waals surface area contributed by atoms with Crippen molar-refractivity contribution in [3.05, 3.63) is 57.5 Å². The van der Waals surface area contributed by atoms with Crippen molar-refractivity contribution in [2.24, 2.45) is 0 Å². The first kappa shape index (κ1) is 13.3. The van der Waals surface area contributed by atoms with Crippen LogP contribution in [0.15, 0.2) is 36.4 Å². The molecule has 1 amide bonds. The Morgan fingerprint density at radius 2 is 2.00 bits per heavy atom. The molecule has 20 heavy (non-hydrogen) atoms. The van der Waals surface area contributed by atoms with E-state index in [9.17, 15) is 9.18 Å². The maximum absolute atomic E-state index is 13.0. The average Bonchev–Trinajstić information content (AvgIpc) is 3.07. The molecule has 1 unspecified atom stereocenters. The Morgan fingerprint density at radius 1 is 1.25 bits per heavy atom. The van der Waals surface area contributed by atoms with Crippen molar-refractivity contribution < 1.29 is 9.18 Å². The van der Waals surface area contributed by atoms with E-state index < -0.39 is 0 Å². The number of likely N-dealkylation sites (tertiary alicyclic amines) is 1. The summed E-state index contributed by atoms with van der Waals surface area (Å²) >= 11 is 1.53. The van der Waals surface area contributed by atoms with Crippen molar-refractivity contribution in [1.82, 2.24) is 4.90 Å². The van der Waals surface area contributed by atoms with Crippen LogP contribution in [-0.2, 0) is 0 Å². The fourth-order valence-electron chi connectivity index (χ4n) is 2.73. The Morgan fingerprint density at radius 3 is 2.65 bits per heavy atom. The number of thiophene rings is 1. The number of aryl methyl sites for hydroxylation is 1. The van der Waals surface area contributed by atoms with Crippen LogP contribution < -0.4 is 0 Å². The molecule has 1 saturated heterocycles. The van der Waals surface area contributed by atoms with Gasteiger partial charge in [0, 0.05) is 11.4 Å². The molecule has 0 saturated carbocycles. The summed E-state index contributed by atoms with van der Waals surface area (Å²) in [6, 6.07) is 10.4.